The average Bonchev–Trinajstić information content (AvgIpc) is 2.41. The molecule has 0 fully saturated rings. The lowest BCUT2D eigenvalue weighted by atomic mass is 10.2. The van der Waals surface area contributed by atoms with Gasteiger partial charge in [-0.15, -0.1) is 11.3 Å². The molecular formula is C9H7BrN2OS. The van der Waals surface area contributed by atoms with Crippen LogP contribution >= 0.6 is 27.3 Å². The highest BCUT2D eigenvalue weighted by Gasteiger charge is 2.06. The van der Waals surface area contributed by atoms with Gasteiger partial charge in [0, 0.05) is 14.2 Å². The smallest absolute Gasteiger partial charge is 0.259 e. The van der Waals surface area contributed by atoms with E-state index >= 15 is 0 Å². The van der Waals surface area contributed by atoms with Gasteiger partial charge in [0.05, 0.1) is 0 Å². The van der Waals surface area contributed by atoms with Crippen molar-refractivity contribution in [2.24, 2.45) is 5.73 Å². The van der Waals surface area contributed by atoms with Crippen LogP contribution in [0.5, 0.6) is 0 Å². The van der Waals surface area contributed by atoms with Crippen LogP contribution in [0.3, 0.4) is 0 Å². The van der Waals surface area contributed by atoms with E-state index in [9.17, 15) is 4.79 Å². The van der Waals surface area contributed by atoms with Gasteiger partial charge >= 0.3 is 0 Å². The SMILES string of the molecule is Cc1sc(C=C(C#N)C(N)=O)cc1Br. The van der Waals surface area contributed by atoms with E-state index in [-0.39, 0.29) is 5.57 Å². The number of hydrogen-bond donors (Lipinski definition) is 1. The maximum Gasteiger partial charge on any atom is 0.259 e. The maximum absolute atomic E-state index is 10.8. The van der Waals surface area contributed by atoms with Gasteiger partial charge in [0.25, 0.3) is 5.91 Å². The van der Waals surface area contributed by atoms with E-state index in [1.165, 1.54) is 17.4 Å². The Labute approximate surface area is 94.0 Å². The van der Waals surface area contributed by atoms with E-state index in [2.05, 4.69) is 15.9 Å². The standard InChI is InChI=1S/C9H7BrN2OS/c1-5-8(10)3-7(14-5)2-6(4-11)9(12)13/h2-3H,1H3,(H2,12,13). The first-order valence-corrected chi connectivity index (χ1v) is 5.33. The zero-order valence-corrected chi connectivity index (χ0v) is 9.78. The van der Waals surface area contributed by atoms with Crippen LogP contribution in [-0.4, -0.2) is 5.91 Å². The van der Waals surface area contributed by atoms with Crippen molar-refractivity contribution in [2.45, 2.75) is 6.92 Å². The first kappa shape index (κ1) is 11.0. The Kier molecular flexibility index (Phi) is 3.44. The molecule has 0 aromatic carbocycles. The molecule has 0 aliphatic rings. The third-order valence-electron chi connectivity index (χ3n) is 1.55. The Balaban J connectivity index is 3.08. The topological polar surface area (TPSA) is 66.9 Å². The molecule has 1 rings (SSSR count). The molecule has 1 aromatic rings. The lowest BCUT2D eigenvalue weighted by molar-refractivity contribution is -0.114. The van der Waals surface area contributed by atoms with Crippen molar-refractivity contribution >= 4 is 39.2 Å². The molecular weight excluding hydrogens is 264 g/mol. The quantitative estimate of drug-likeness (QED) is 0.662. The summed E-state index contributed by atoms with van der Waals surface area (Å²) in [7, 11) is 0. The van der Waals surface area contributed by atoms with Crippen LogP contribution in [-0.2, 0) is 4.79 Å². The van der Waals surface area contributed by atoms with Gasteiger partial charge in [0.15, 0.2) is 0 Å². The molecule has 14 heavy (non-hydrogen) atoms. The summed E-state index contributed by atoms with van der Waals surface area (Å²) in [5.41, 5.74) is 4.97. The van der Waals surface area contributed by atoms with Crippen molar-refractivity contribution in [3.05, 3.63) is 25.9 Å². The zero-order chi connectivity index (χ0) is 10.7. The normalized spacial score (nSPS) is 11.1. The predicted octanol–water partition coefficient (Wildman–Crippen LogP) is 2.21. The highest BCUT2D eigenvalue weighted by atomic mass is 79.9. The van der Waals surface area contributed by atoms with Gasteiger partial charge in [-0.2, -0.15) is 5.26 Å². The summed E-state index contributed by atoms with van der Waals surface area (Å²) in [5, 5.41) is 8.61. The number of carbonyl (C=O) groups excluding carboxylic acids is 1. The first-order chi connectivity index (χ1) is 6.54. The summed E-state index contributed by atoms with van der Waals surface area (Å²) in [5.74, 6) is -0.699. The fraction of sp³-hybridized carbons (Fsp3) is 0.111. The van der Waals surface area contributed by atoms with E-state index in [0.29, 0.717) is 0 Å². The molecule has 0 aliphatic carbocycles. The molecule has 0 spiro atoms. The van der Waals surface area contributed by atoms with Crippen molar-refractivity contribution in [3.8, 4) is 6.07 Å². The molecule has 0 atom stereocenters. The van der Waals surface area contributed by atoms with Crippen LogP contribution in [0.25, 0.3) is 6.08 Å². The van der Waals surface area contributed by atoms with E-state index < -0.39 is 5.91 Å². The lowest BCUT2D eigenvalue weighted by Gasteiger charge is -1.88. The van der Waals surface area contributed by atoms with Crippen molar-refractivity contribution in [3.63, 3.8) is 0 Å². The van der Waals surface area contributed by atoms with Gasteiger partial charge in [0.2, 0.25) is 0 Å². The van der Waals surface area contributed by atoms with Crippen molar-refractivity contribution in [1.29, 1.82) is 5.26 Å². The number of nitriles is 1. The first-order valence-electron chi connectivity index (χ1n) is 3.72. The fourth-order valence-electron chi connectivity index (χ4n) is 0.853. The lowest BCUT2D eigenvalue weighted by Crippen LogP contribution is -2.12. The Hall–Kier alpha value is -1.12. The number of nitrogens with zero attached hydrogens (tertiary/aromatic N) is 1. The summed E-state index contributed by atoms with van der Waals surface area (Å²) >= 11 is 4.84. The number of halogens is 1. The van der Waals surface area contributed by atoms with Crippen LogP contribution in [0.15, 0.2) is 16.1 Å². The molecule has 2 N–H and O–H groups in total. The molecule has 3 nitrogen and oxygen atoms in total. The monoisotopic (exact) mass is 270 g/mol. The van der Waals surface area contributed by atoms with Crippen LogP contribution in [0, 0.1) is 18.3 Å². The van der Waals surface area contributed by atoms with Gasteiger partial charge in [-0.05, 0) is 35.0 Å². The third-order valence-corrected chi connectivity index (χ3v) is 3.63. The van der Waals surface area contributed by atoms with E-state index in [4.69, 9.17) is 11.0 Å². The number of nitrogens with two attached hydrogens (primary N) is 1. The zero-order valence-electron chi connectivity index (χ0n) is 7.37. The van der Waals surface area contributed by atoms with Crippen LogP contribution in [0.2, 0.25) is 0 Å². The van der Waals surface area contributed by atoms with Crippen LogP contribution in [0.4, 0.5) is 0 Å². The fourth-order valence-corrected chi connectivity index (χ4v) is 2.36. The van der Waals surface area contributed by atoms with Crippen molar-refractivity contribution < 1.29 is 4.79 Å². The second kappa shape index (κ2) is 4.40. The summed E-state index contributed by atoms with van der Waals surface area (Å²) in [6.45, 7) is 1.95. The van der Waals surface area contributed by atoms with Crippen LogP contribution in [0.1, 0.15) is 9.75 Å². The number of thiophene rings is 1. The molecule has 0 saturated heterocycles. The molecule has 0 saturated carbocycles. The number of rotatable bonds is 2. The molecule has 5 heteroatoms. The number of amides is 1. The van der Waals surface area contributed by atoms with Gasteiger partial charge < -0.3 is 5.73 Å². The van der Waals surface area contributed by atoms with E-state index in [0.717, 1.165) is 14.2 Å². The molecule has 1 aromatic heterocycles. The third kappa shape index (κ3) is 2.44. The highest BCUT2D eigenvalue weighted by molar-refractivity contribution is 9.10. The van der Waals surface area contributed by atoms with E-state index in [1.54, 1.807) is 6.07 Å². The Morgan fingerprint density at radius 2 is 2.43 bits per heavy atom. The van der Waals surface area contributed by atoms with Crippen molar-refractivity contribution in [2.75, 3.05) is 0 Å². The minimum atomic E-state index is -0.699. The average molecular weight is 271 g/mol. The Bertz CT molecular complexity index is 423. The van der Waals surface area contributed by atoms with E-state index in [1.807, 2.05) is 13.0 Å². The number of carbonyl (C=O) groups is 1. The molecule has 1 amide bonds. The number of primary amides is 1. The minimum Gasteiger partial charge on any atom is -0.365 e. The van der Waals surface area contributed by atoms with Gasteiger partial charge in [-0.3, -0.25) is 4.79 Å². The number of hydrogen-bond acceptors (Lipinski definition) is 3. The second-order valence-corrected chi connectivity index (χ2v) is 4.73. The maximum atomic E-state index is 10.8. The molecule has 72 valence electrons. The minimum absolute atomic E-state index is 0.0289. The second-order valence-electron chi connectivity index (χ2n) is 2.59. The molecule has 0 radical (unpaired) electrons. The molecule has 0 bridgehead atoms. The van der Waals surface area contributed by atoms with Gasteiger partial charge in [-0.25, -0.2) is 0 Å². The predicted molar refractivity (Wildman–Crippen MR) is 59.5 cm³/mol. The van der Waals surface area contributed by atoms with Gasteiger partial charge in [0.1, 0.15) is 11.6 Å². The summed E-state index contributed by atoms with van der Waals surface area (Å²) in [4.78, 5) is 12.7. The summed E-state index contributed by atoms with van der Waals surface area (Å²) in [6.07, 6.45) is 1.49. The van der Waals surface area contributed by atoms with Gasteiger partial charge in [-0.1, -0.05) is 0 Å². The summed E-state index contributed by atoms with van der Waals surface area (Å²) in [6, 6.07) is 3.60. The molecule has 0 aliphatic heterocycles. The highest BCUT2D eigenvalue weighted by Crippen LogP contribution is 2.27. The molecule has 0 unspecified atom stereocenters. The number of aryl methyl sites for hydroxylation is 1. The molecule has 1 heterocycles. The van der Waals surface area contributed by atoms with Crippen molar-refractivity contribution in [1.82, 2.24) is 0 Å². The van der Waals surface area contributed by atoms with Crippen LogP contribution < -0.4 is 5.73 Å². The summed E-state index contributed by atoms with van der Waals surface area (Å²) < 4.78 is 0.968. The Morgan fingerprint density at radius 3 is 2.79 bits per heavy atom. The Morgan fingerprint density at radius 1 is 1.79 bits per heavy atom. The largest absolute Gasteiger partial charge is 0.365 e.